The molecule has 0 bridgehead atoms. The van der Waals surface area contributed by atoms with Crippen LogP contribution in [-0.2, 0) is 13.1 Å². The minimum absolute atomic E-state index is 0.0827. The van der Waals surface area contributed by atoms with Crippen molar-refractivity contribution in [3.63, 3.8) is 0 Å². The predicted molar refractivity (Wildman–Crippen MR) is 76.8 cm³/mol. The Morgan fingerprint density at radius 3 is 2.80 bits per heavy atom. The summed E-state index contributed by atoms with van der Waals surface area (Å²) in [5.74, 6) is -0.0827. The molecule has 0 aliphatic carbocycles. The van der Waals surface area contributed by atoms with Crippen LogP contribution in [0.4, 0.5) is 0 Å². The van der Waals surface area contributed by atoms with Crippen molar-refractivity contribution in [3.8, 4) is 0 Å². The first-order chi connectivity index (χ1) is 9.60. The fourth-order valence-corrected chi connectivity index (χ4v) is 2.06. The van der Waals surface area contributed by atoms with E-state index in [0.717, 1.165) is 25.2 Å². The quantitative estimate of drug-likeness (QED) is 0.828. The van der Waals surface area contributed by atoms with E-state index in [-0.39, 0.29) is 5.91 Å². The van der Waals surface area contributed by atoms with Gasteiger partial charge in [-0.3, -0.25) is 14.2 Å². The molecule has 1 N–H and O–H groups in total. The van der Waals surface area contributed by atoms with Gasteiger partial charge in [-0.2, -0.15) is 10.2 Å². The maximum absolute atomic E-state index is 12.0. The average Bonchev–Trinajstić information content (AvgIpc) is 3.00. The van der Waals surface area contributed by atoms with Gasteiger partial charge in [0.15, 0.2) is 0 Å². The van der Waals surface area contributed by atoms with Crippen molar-refractivity contribution in [1.29, 1.82) is 0 Å². The molecule has 7 heteroatoms. The SMILES string of the molecule is CCn1cc(C(=O)NCCCn2cc(Cl)cn2)c(C)n1. The summed E-state index contributed by atoms with van der Waals surface area (Å²) in [6.45, 7) is 5.90. The van der Waals surface area contributed by atoms with Gasteiger partial charge in [0.05, 0.1) is 22.5 Å². The van der Waals surface area contributed by atoms with E-state index in [0.29, 0.717) is 17.1 Å². The first kappa shape index (κ1) is 14.6. The first-order valence-corrected chi connectivity index (χ1v) is 6.98. The second kappa shape index (κ2) is 6.56. The fourth-order valence-electron chi connectivity index (χ4n) is 1.90. The van der Waals surface area contributed by atoms with E-state index < -0.39 is 0 Å². The molecule has 0 aliphatic rings. The Hall–Kier alpha value is -1.82. The van der Waals surface area contributed by atoms with Gasteiger partial charge in [-0.05, 0) is 20.3 Å². The average molecular weight is 296 g/mol. The molecule has 2 aromatic rings. The van der Waals surface area contributed by atoms with Crippen LogP contribution >= 0.6 is 11.6 Å². The molecule has 108 valence electrons. The van der Waals surface area contributed by atoms with Crippen LogP contribution in [0.25, 0.3) is 0 Å². The number of rotatable bonds is 6. The first-order valence-electron chi connectivity index (χ1n) is 6.60. The van der Waals surface area contributed by atoms with Gasteiger partial charge in [0.2, 0.25) is 0 Å². The molecule has 0 aliphatic heterocycles. The number of hydrogen-bond donors (Lipinski definition) is 1. The molecule has 20 heavy (non-hydrogen) atoms. The number of hydrogen-bond acceptors (Lipinski definition) is 3. The van der Waals surface area contributed by atoms with Crippen molar-refractivity contribution in [2.45, 2.75) is 33.4 Å². The highest BCUT2D eigenvalue weighted by molar-refractivity contribution is 6.30. The van der Waals surface area contributed by atoms with Gasteiger partial charge >= 0.3 is 0 Å². The second-order valence-corrected chi connectivity index (χ2v) is 4.95. The van der Waals surface area contributed by atoms with E-state index in [1.807, 2.05) is 13.8 Å². The zero-order valence-electron chi connectivity index (χ0n) is 11.6. The number of amides is 1. The Kier molecular flexibility index (Phi) is 4.79. The van der Waals surface area contributed by atoms with Crippen molar-refractivity contribution in [2.24, 2.45) is 0 Å². The molecule has 0 saturated carbocycles. The summed E-state index contributed by atoms with van der Waals surface area (Å²) in [6.07, 6.45) is 5.93. The van der Waals surface area contributed by atoms with Crippen LogP contribution < -0.4 is 5.32 Å². The molecule has 2 aromatic heterocycles. The lowest BCUT2D eigenvalue weighted by Crippen LogP contribution is -2.25. The van der Waals surface area contributed by atoms with Crippen molar-refractivity contribution >= 4 is 17.5 Å². The predicted octanol–water partition coefficient (Wildman–Crippen LogP) is 1.88. The molecular weight excluding hydrogens is 278 g/mol. The third kappa shape index (κ3) is 3.60. The van der Waals surface area contributed by atoms with Gasteiger partial charge in [-0.25, -0.2) is 0 Å². The topological polar surface area (TPSA) is 64.7 Å². The molecule has 0 aromatic carbocycles. The zero-order chi connectivity index (χ0) is 14.5. The summed E-state index contributed by atoms with van der Waals surface area (Å²) in [7, 11) is 0. The third-order valence-electron chi connectivity index (χ3n) is 2.97. The third-order valence-corrected chi connectivity index (χ3v) is 3.16. The zero-order valence-corrected chi connectivity index (χ0v) is 12.4. The Morgan fingerprint density at radius 2 is 2.20 bits per heavy atom. The Bertz CT molecular complexity index is 589. The Balaban J connectivity index is 1.78. The number of carbonyl (C=O) groups is 1. The summed E-state index contributed by atoms with van der Waals surface area (Å²) >= 11 is 5.77. The lowest BCUT2D eigenvalue weighted by atomic mass is 10.2. The van der Waals surface area contributed by atoms with Crippen molar-refractivity contribution in [3.05, 3.63) is 34.9 Å². The van der Waals surface area contributed by atoms with Gasteiger partial charge in [-0.1, -0.05) is 11.6 Å². The van der Waals surface area contributed by atoms with Crippen LogP contribution in [0.2, 0.25) is 5.02 Å². The summed E-state index contributed by atoms with van der Waals surface area (Å²) in [5.41, 5.74) is 1.39. The van der Waals surface area contributed by atoms with Gasteiger partial charge < -0.3 is 5.32 Å². The van der Waals surface area contributed by atoms with E-state index in [4.69, 9.17) is 11.6 Å². The molecule has 2 heterocycles. The molecule has 0 saturated heterocycles. The largest absolute Gasteiger partial charge is 0.352 e. The highest BCUT2D eigenvalue weighted by Crippen LogP contribution is 2.06. The number of halogens is 1. The maximum atomic E-state index is 12.0. The number of nitrogens with one attached hydrogen (secondary N) is 1. The summed E-state index contributed by atoms with van der Waals surface area (Å²) in [5, 5.41) is 11.8. The second-order valence-electron chi connectivity index (χ2n) is 4.51. The molecule has 0 radical (unpaired) electrons. The normalized spacial score (nSPS) is 10.8. The molecule has 1 amide bonds. The number of carbonyl (C=O) groups excluding carboxylic acids is 1. The molecular formula is C13H18ClN5O. The standard InChI is InChI=1S/C13H18ClN5O/c1-3-18-9-12(10(2)17-18)13(20)15-5-4-6-19-8-11(14)7-16-19/h7-9H,3-6H2,1-2H3,(H,15,20). The van der Waals surface area contributed by atoms with Crippen LogP contribution in [0, 0.1) is 6.92 Å². The van der Waals surface area contributed by atoms with E-state index in [1.165, 1.54) is 0 Å². The summed E-state index contributed by atoms with van der Waals surface area (Å²) in [6, 6.07) is 0. The molecule has 0 atom stereocenters. The van der Waals surface area contributed by atoms with Crippen molar-refractivity contribution < 1.29 is 4.79 Å². The summed E-state index contributed by atoms with van der Waals surface area (Å²) < 4.78 is 3.52. The van der Waals surface area contributed by atoms with E-state index in [2.05, 4.69) is 15.5 Å². The number of aromatic nitrogens is 4. The lowest BCUT2D eigenvalue weighted by Gasteiger charge is -2.04. The van der Waals surface area contributed by atoms with Crippen molar-refractivity contribution in [1.82, 2.24) is 24.9 Å². The molecule has 0 fully saturated rings. The van der Waals surface area contributed by atoms with Crippen LogP contribution in [0.3, 0.4) is 0 Å². The van der Waals surface area contributed by atoms with Crippen LogP contribution in [0.15, 0.2) is 18.6 Å². The molecule has 0 spiro atoms. The van der Waals surface area contributed by atoms with Crippen LogP contribution in [-0.4, -0.2) is 32.0 Å². The van der Waals surface area contributed by atoms with Gasteiger partial charge in [0.1, 0.15) is 0 Å². The van der Waals surface area contributed by atoms with Gasteiger partial charge in [0.25, 0.3) is 5.91 Å². The Morgan fingerprint density at radius 1 is 1.40 bits per heavy atom. The highest BCUT2D eigenvalue weighted by atomic mass is 35.5. The molecule has 0 unspecified atom stereocenters. The molecule has 2 rings (SSSR count). The van der Waals surface area contributed by atoms with Gasteiger partial charge in [0, 0.05) is 32.0 Å². The van der Waals surface area contributed by atoms with Crippen LogP contribution in [0.1, 0.15) is 29.4 Å². The molecule has 6 nitrogen and oxygen atoms in total. The van der Waals surface area contributed by atoms with Crippen LogP contribution in [0.5, 0.6) is 0 Å². The van der Waals surface area contributed by atoms with E-state index in [9.17, 15) is 4.79 Å². The fraction of sp³-hybridized carbons (Fsp3) is 0.462. The highest BCUT2D eigenvalue weighted by Gasteiger charge is 2.12. The smallest absolute Gasteiger partial charge is 0.254 e. The minimum atomic E-state index is -0.0827. The van der Waals surface area contributed by atoms with E-state index in [1.54, 1.807) is 28.0 Å². The van der Waals surface area contributed by atoms with Gasteiger partial charge in [-0.15, -0.1) is 0 Å². The minimum Gasteiger partial charge on any atom is -0.352 e. The lowest BCUT2D eigenvalue weighted by molar-refractivity contribution is 0.0952. The summed E-state index contributed by atoms with van der Waals surface area (Å²) in [4.78, 5) is 12.0. The number of nitrogens with zero attached hydrogens (tertiary/aromatic N) is 4. The monoisotopic (exact) mass is 295 g/mol. The van der Waals surface area contributed by atoms with E-state index >= 15 is 0 Å². The Labute approximate surface area is 122 Å². The van der Waals surface area contributed by atoms with Crippen molar-refractivity contribution in [2.75, 3.05) is 6.54 Å². The number of aryl methyl sites for hydroxylation is 3. The maximum Gasteiger partial charge on any atom is 0.254 e.